The van der Waals surface area contributed by atoms with Crippen LogP contribution >= 0.6 is 11.8 Å². The second-order valence-corrected chi connectivity index (χ2v) is 9.16. The Morgan fingerprint density at radius 1 is 0.941 bits per heavy atom. The summed E-state index contributed by atoms with van der Waals surface area (Å²) in [6.45, 7) is 4.06. The van der Waals surface area contributed by atoms with E-state index in [4.69, 9.17) is 17.2 Å². The number of carbonyl (C=O) groups is 5. The summed E-state index contributed by atoms with van der Waals surface area (Å²) in [6.07, 6.45) is 3.73. The SMILES string of the molecule is CCC(C)C(NC(=O)C(N)CCCCN)C(=O)NC(CC(N)=O)C(=O)NC(CCSC)C(=O)O. The van der Waals surface area contributed by atoms with Crippen LogP contribution in [0.5, 0.6) is 0 Å². The molecule has 0 aromatic carbocycles. The van der Waals surface area contributed by atoms with Gasteiger partial charge in [0.15, 0.2) is 0 Å². The zero-order chi connectivity index (χ0) is 26.3. The number of unbranched alkanes of at least 4 members (excludes halogenated alkanes) is 1. The van der Waals surface area contributed by atoms with Gasteiger partial charge < -0.3 is 38.3 Å². The van der Waals surface area contributed by atoms with E-state index in [0.29, 0.717) is 38.0 Å². The first-order chi connectivity index (χ1) is 16.0. The molecule has 0 saturated carbocycles. The van der Waals surface area contributed by atoms with Crippen molar-refractivity contribution in [3.05, 3.63) is 0 Å². The van der Waals surface area contributed by atoms with Gasteiger partial charge in [-0.05, 0) is 43.7 Å². The summed E-state index contributed by atoms with van der Waals surface area (Å²) < 4.78 is 0. The molecule has 5 atom stereocenters. The number of thioether (sulfide) groups is 1. The normalized spacial score (nSPS) is 15.3. The first-order valence-electron chi connectivity index (χ1n) is 11.3. The van der Waals surface area contributed by atoms with Gasteiger partial charge in [-0.15, -0.1) is 0 Å². The first-order valence-corrected chi connectivity index (χ1v) is 12.7. The molecule has 0 heterocycles. The number of hydrogen-bond acceptors (Lipinski definition) is 8. The zero-order valence-corrected chi connectivity index (χ0v) is 21.0. The number of amides is 4. The fourth-order valence-corrected chi connectivity index (χ4v) is 3.51. The maximum absolute atomic E-state index is 13.0. The van der Waals surface area contributed by atoms with Crippen LogP contribution in [0.25, 0.3) is 0 Å². The monoisotopic (exact) mass is 504 g/mol. The van der Waals surface area contributed by atoms with E-state index in [0.717, 1.165) is 0 Å². The van der Waals surface area contributed by atoms with Crippen LogP contribution in [0.1, 0.15) is 52.4 Å². The lowest BCUT2D eigenvalue weighted by Crippen LogP contribution is -2.59. The summed E-state index contributed by atoms with van der Waals surface area (Å²) in [5.74, 6) is -4.00. The van der Waals surface area contributed by atoms with Gasteiger partial charge in [0.2, 0.25) is 23.6 Å². The van der Waals surface area contributed by atoms with Gasteiger partial charge >= 0.3 is 5.97 Å². The molecule has 0 saturated heterocycles. The van der Waals surface area contributed by atoms with Gasteiger partial charge in [0.1, 0.15) is 18.1 Å². The number of carbonyl (C=O) groups excluding carboxylic acids is 4. The molecule has 0 rings (SSSR count). The van der Waals surface area contributed by atoms with Crippen molar-refractivity contribution in [1.29, 1.82) is 0 Å². The number of carboxylic acid groups (broad SMARTS) is 1. The topological polar surface area (TPSA) is 220 Å². The molecule has 0 radical (unpaired) electrons. The predicted molar refractivity (Wildman–Crippen MR) is 131 cm³/mol. The summed E-state index contributed by atoms with van der Waals surface area (Å²) in [5, 5.41) is 16.8. The molecule has 10 N–H and O–H groups in total. The van der Waals surface area contributed by atoms with Crippen LogP contribution in [-0.4, -0.2) is 77.4 Å². The third-order valence-corrected chi connectivity index (χ3v) is 6.01. The summed E-state index contributed by atoms with van der Waals surface area (Å²) in [4.78, 5) is 61.2. The minimum absolute atomic E-state index is 0.160. The molecular weight excluding hydrogens is 464 g/mol. The van der Waals surface area contributed by atoms with E-state index in [1.54, 1.807) is 13.2 Å². The molecule has 196 valence electrons. The van der Waals surface area contributed by atoms with Gasteiger partial charge in [0.05, 0.1) is 12.5 Å². The average Bonchev–Trinajstić information content (AvgIpc) is 2.78. The summed E-state index contributed by atoms with van der Waals surface area (Å²) >= 11 is 1.41. The van der Waals surface area contributed by atoms with E-state index in [9.17, 15) is 29.1 Å². The number of aliphatic carboxylic acids is 1. The Kier molecular flexibility index (Phi) is 15.9. The first kappa shape index (κ1) is 31.6. The summed E-state index contributed by atoms with van der Waals surface area (Å²) in [6, 6.07) is -4.44. The molecule has 13 heteroatoms. The summed E-state index contributed by atoms with van der Waals surface area (Å²) in [5.41, 5.74) is 16.6. The molecule has 0 aromatic heterocycles. The predicted octanol–water partition coefficient (Wildman–Crippen LogP) is -1.34. The van der Waals surface area contributed by atoms with Gasteiger partial charge in [0.25, 0.3) is 0 Å². The molecule has 0 aliphatic rings. The fraction of sp³-hybridized carbons (Fsp3) is 0.762. The molecule has 0 aliphatic heterocycles. The van der Waals surface area contributed by atoms with Crippen molar-refractivity contribution < 1.29 is 29.1 Å². The van der Waals surface area contributed by atoms with Crippen LogP contribution in [-0.2, 0) is 24.0 Å². The number of primary amides is 1. The Balaban J connectivity index is 5.45. The minimum atomic E-state index is -1.40. The summed E-state index contributed by atoms with van der Waals surface area (Å²) in [7, 11) is 0. The van der Waals surface area contributed by atoms with Gasteiger partial charge in [-0.2, -0.15) is 11.8 Å². The fourth-order valence-electron chi connectivity index (χ4n) is 3.04. The smallest absolute Gasteiger partial charge is 0.326 e. The lowest BCUT2D eigenvalue weighted by Gasteiger charge is -2.27. The molecule has 0 aromatic rings. The second-order valence-electron chi connectivity index (χ2n) is 8.18. The Labute approximate surface area is 204 Å². The number of hydrogen-bond donors (Lipinski definition) is 7. The standard InChI is InChI=1S/C21H40N6O6S/c1-4-12(2)17(27-18(29)13(23)7-5-6-9-22)20(31)26-15(11-16(24)28)19(30)25-14(21(32)33)8-10-34-3/h12-15,17H,4-11,22-23H2,1-3H3,(H2,24,28)(H,25,30)(H,26,31)(H,27,29)(H,32,33). The van der Waals surface area contributed by atoms with E-state index in [-0.39, 0.29) is 12.3 Å². The van der Waals surface area contributed by atoms with Crippen molar-refractivity contribution in [2.75, 3.05) is 18.6 Å². The lowest BCUT2D eigenvalue weighted by molar-refractivity contribution is -0.142. The number of nitrogens with one attached hydrogen (secondary N) is 3. The zero-order valence-electron chi connectivity index (χ0n) is 20.2. The van der Waals surface area contributed by atoms with Crippen LogP contribution in [0.15, 0.2) is 0 Å². The van der Waals surface area contributed by atoms with Crippen LogP contribution in [0, 0.1) is 5.92 Å². The van der Waals surface area contributed by atoms with Gasteiger partial charge in [-0.25, -0.2) is 4.79 Å². The molecule has 0 aliphatic carbocycles. The van der Waals surface area contributed by atoms with Crippen molar-refractivity contribution in [3.63, 3.8) is 0 Å². The van der Waals surface area contributed by atoms with E-state index in [2.05, 4.69) is 16.0 Å². The highest BCUT2D eigenvalue weighted by Crippen LogP contribution is 2.10. The Hall–Kier alpha value is -2.38. The second kappa shape index (κ2) is 17.1. The van der Waals surface area contributed by atoms with E-state index in [1.807, 2.05) is 6.92 Å². The van der Waals surface area contributed by atoms with Crippen LogP contribution in [0.2, 0.25) is 0 Å². The van der Waals surface area contributed by atoms with Crippen molar-refractivity contribution in [2.24, 2.45) is 23.1 Å². The van der Waals surface area contributed by atoms with E-state index >= 15 is 0 Å². The Morgan fingerprint density at radius 2 is 1.56 bits per heavy atom. The van der Waals surface area contributed by atoms with Crippen molar-refractivity contribution in [2.45, 2.75) is 76.5 Å². The Bertz CT molecular complexity index is 695. The van der Waals surface area contributed by atoms with Crippen molar-refractivity contribution in [1.82, 2.24) is 16.0 Å². The maximum atomic E-state index is 13.0. The lowest BCUT2D eigenvalue weighted by atomic mass is 9.97. The molecule has 0 spiro atoms. The van der Waals surface area contributed by atoms with Crippen LogP contribution in [0.4, 0.5) is 0 Å². The molecular formula is C21H40N6O6S. The molecule has 34 heavy (non-hydrogen) atoms. The third-order valence-electron chi connectivity index (χ3n) is 5.36. The van der Waals surface area contributed by atoms with E-state index < -0.39 is 60.2 Å². The highest BCUT2D eigenvalue weighted by Gasteiger charge is 2.33. The number of nitrogens with two attached hydrogens (primary N) is 3. The van der Waals surface area contributed by atoms with Gasteiger partial charge in [0, 0.05) is 0 Å². The van der Waals surface area contributed by atoms with Crippen LogP contribution < -0.4 is 33.2 Å². The average molecular weight is 505 g/mol. The number of rotatable bonds is 18. The molecule has 0 bridgehead atoms. The van der Waals surface area contributed by atoms with Crippen molar-refractivity contribution >= 4 is 41.4 Å². The van der Waals surface area contributed by atoms with Crippen molar-refractivity contribution in [3.8, 4) is 0 Å². The van der Waals surface area contributed by atoms with Crippen LogP contribution in [0.3, 0.4) is 0 Å². The third kappa shape index (κ3) is 12.2. The quantitative estimate of drug-likeness (QED) is 0.110. The molecule has 4 amide bonds. The molecule has 12 nitrogen and oxygen atoms in total. The van der Waals surface area contributed by atoms with Gasteiger partial charge in [-0.1, -0.05) is 26.7 Å². The Morgan fingerprint density at radius 3 is 2.06 bits per heavy atom. The molecule has 5 unspecified atom stereocenters. The molecule has 0 fully saturated rings. The minimum Gasteiger partial charge on any atom is -0.480 e. The van der Waals surface area contributed by atoms with Gasteiger partial charge in [-0.3, -0.25) is 19.2 Å². The van der Waals surface area contributed by atoms with E-state index in [1.165, 1.54) is 11.8 Å². The maximum Gasteiger partial charge on any atom is 0.326 e. The highest BCUT2D eigenvalue weighted by atomic mass is 32.2. The highest BCUT2D eigenvalue weighted by molar-refractivity contribution is 7.98. The number of carboxylic acids is 1. The largest absolute Gasteiger partial charge is 0.480 e.